The number of thiol groups is 1. The number of nitrogens with one attached hydrogen (secondary N) is 8. The minimum absolute atomic E-state index is 0.0391. The molecule has 2 aromatic rings. The number of rotatable bonds is 28. The Hall–Kier alpha value is -6.55. The maximum Gasteiger partial charge on any atom is 0.328 e. The topological polar surface area (TPSA) is 445 Å². The number of carbonyl (C=O) groups excluding carboxylic acids is 7. The number of aliphatic imine (C=N–C) groups is 1. The fourth-order valence-electron chi connectivity index (χ4n) is 6.11. The van der Waals surface area contributed by atoms with Crippen molar-refractivity contribution in [3.63, 3.8) is 0 Å². The van der Waals surface area contributed by atoms with Gasteiger partial charge in [0.25, 0.3) is 0 Å². The maximum absolute atomic E-state index is 14.0. The minimum Gasteiger partial charge on any atom is -0.481 e. The zero-order chi connectivity index (χ0) is 49.8. The number of aliphatic carboxylic acids is 2. The van der Waals surface area contributed by atoms with Crippen molar-refractivity contribution in [1.29, 1.82) is 0 Å². The first-order chi connectivity index (χ1) is 31.0. The molecule has 2 rings (SSSR count). The Balaban J connectivity index is 2.39. The van der Waals surface area contributed by atoms with Crippen LogP contribution in [0.2, 0.25) is 0 Å². The smallest absolute Gasteiger partial charge is 0.328 e. The standard InChI is InChI=1S/C39H60N12O14S/c1-17(40)31(57)50-29(18(2)53)37(63)49-27(16-66)36(62)46-24(10-11-28(55)56)33(59)48-26(15-52)35(61)45-23(9-6-12-43-39(41)42)32(58)47-25(34(60)51-30(19(3)54)38(64)65)13-20-14-44-22-8-5-4-7-21(20)22/h4-5,7-8,14,17-19,23-27,29-30,44,52-54,66H,6,9-13,15-16,40H2,1-3H3,(H,45,61)(H,46,62)(H,47,58)(H,48,59)(H,49,63)(H,50,57)(H,51,60)(H,55,56)(H,64,65)(H4,41,42,43)/t17-,18+,19+,23-,24-,25-,26-,27-,29-,30-/m0/s1. The van der Waals surface area contributed by atoms with Crippen LogP contribution < -0.4 is 54.4 Å². The van der Waals surface area contributed by atoms with Crippen LogP contribution in [0.5, 0.6) is 0 Å². The first-order valence-electron chi connectivity index (χ1n) is 20.5. The van der Waals surface area contributed by atoms with Crippen molar-refractivity contribution in [1.82, 2.24) is 42.2 Å². The molecule has 0 saturated heterocycles. The Morgan fingerprint density at radius 1 is 0.682 bits per heavy atom. The number of nitrogens with two attached hydrogens (primary N) is 3. The fourth-order valence-corrected chi connectivity index (χ4v) is 6.37. The van der Waals surface area contributed by atoms with E-state index in [2.05, 4.69) is 59.8 Å². The van der Waals surface area contributed by atoms with Crippen LogP contribution in [0.25, 0.3) is 10.9 Å². The lowest BCUT2D eigenvalue weighted by molar-refractivity contribution is -0.145. The second-order valence-electron chi connectivity index (χ2n) is 15.2. The van der Waals surface area contributed by atoms with Crippen LogP contribution in [0.15, 0.2) is 35.5 Å². The molecule has 366 valence electrons. The summed E-state index contributed by atoms with van der Waals surface area (Å²) in [7, 11) is 0. The highest BCUT2D eigenvalue weighted by molar-refractivity contribution is 7.80. The van der Waals surface area contributed by atoms with Crippen LogP contribution in [0.3, 0.4) is 0 Å². The Morgan fingerprint density at radius 2 is 1.18 bits per heavy atom. The molecule has 19 N–H and O–H groups in total. The number of aliphatic hydroxyl groups excluding tert-OH is 3. The van der Waals surface area contributed by atoms with E-state index in [1.54, 1.807) is 30.5 Å². The number of carbonyl (C=O) groups is 9. The number of carboxylic acid groups (broad SMARTS) is 2. The molecule has 26 nitrogen and oxygen atoms in total. The van der Waals surface area contributed by atoms with Gasteiger partial charge in [-0.15, -0.1) is 0 Å². The van der Waals surface area contributed by atoms with Gasteiger partial charge in [-0.1, -0.05) is 18.2 Å². The van der Waals surface area contributed by atoms with E-state index < -0.39 is 139 Å². The number of nitrogens with zero attached hydrogens (tertiary/aromatic N) is 1. The Labute approximate surface area is 383 Å². The molecule has 0 aliphatic carbocycles. The molecule has 1 aromatic carbocycles. The molecule has 10 atom stereocenters. The molecule has 0 aliphatic rings. The van der Waals surface area contributed by atoms with E-state index in [0.29, 0.717) is 16.5 Å². The number of hydrogen-bond donors (Lipinski definition) is 17. The van der Waals surface area contributed by atoms with E-state index >= 15 is 0 Å². The highest BCUT2D eigenvalue weighted by Crippen LogP contribution is 2.19. The molecular formula is C39H60N12O14S. The highest BCUT2D eigenvalue weighted by atomic mass is 32.1. The van der Waals surface area contributed by atoms with Crippen molar-refractivity contribution in [2.75, 3.05) is 18.9 Å². The van der Waals surface area contributed by atoms with E-state index in [1.807, 2.05) is 0 Å². The molecular weight excluding hydrogens is 893 g/mol. The lowest BCUT2D eigenvalue weighted by Crippen LogP contribution is -2.61. The predicted octanol–water partition coefficient (Wildman–Crippen LogP) is -5.86. The molecule has 66 heavy (non-hydrogen) atoms. The molecule has 7 amide bonds. The zero-order valence-electron chi connectivity index (χ0n) is 36.4. The van der Waals surface area contributed by atoms with Gasteiger partial charge in [0.15, 0.2) is 12.0 Å². The molecule has 1 aromatic heterocycles. The summed E-state index contributed by atoms with van der Waals surface area (Å²) in [6.45, 7) is 2.49. The summed E-state index contributed by atoms with van der Waals surface area (Å²) in [5, 5.41) is 66.1. The Morgan fingerprint density at radius 3 is 1.71 bits per heavy atom. The fraction of sp³-hybridized carbons (Fsp3) is 0.538. The third kappa shape index (κ3) is 17.8. The summed E-state index contributed by atoms with van der Waals surface area (Å²) in [6, 6.07) is -5.63. The Kier molecular flexibility index (Phi) is 22.8. The second kappa shape index (κ2) is 27.0. The number of carboxylic acids is 2. The van der Waals surface area contributed by atoms with Gasteiger partial charge in [-0.05, 0) is 51.7 Å². The average Bonchev–Trinajstić information content (AvgIpc) is 3.66. The van der Waals surface area contributed by atoms with Crippen LogP contribution in [0, 0.1) is 0 Å². The first kappa shape index (κ1) is 55.6. The predicted molar refractivity (Wildman–Crippen MR) is 238 cm³/mol. The van der Waals surface area contributed by atoms with Crippen LogP contribution in [-0.4, -0.2) is 169 Å². The van der Waals surface area contributed by atoms with Crippen molar-refractivity contribution in [3.8, 4) is 0 Å². The van der Waals surface area contributed by atoms with Gasteiger partial charge in [0.1, 0.15) is 36.3 Å². The molecule has 0 saturated carbocycles. The lowest BCUT2D eigenvalue weighted by Gasteiger charge is -2.27. The summed E-state index contributed by atoms with van der Waals surface area (Å²) in [6.07, 6.45) is -3.11. The van der Waals surface area contributed by atoms with Gasteiger partial charge in [-0.3, -0.25) is 43.3 Å². The number of para-hydroxylation sites is 1. The molecule has 0 bridgehead atoms. The largest absolute Gasteiger partial charge is 0.481 e. The second-order valence-corrected chi connectivity index (χ2v) is 15.6. The van der Waals surface area contributed by atoms with Gasteiger partial charge >= 0.3 is 11.9 Å². The molecule has 0 unspecified atom stereocenters. The van der Waals surface area contributed by atoms with E-state index in [-0.39, 0.29) is 31.8 Å². The number of H-pyrrole nitrogens is 1. The normalized spacial score (nSPS) is 15.6. The van der Waals surface area contributed by atoms with Crippen molar-refractivity contribution in [2.24, 2.45) is 22.2 Å². The molecule has 27 heteroatoms. The quantitative estimate of drug-likeness (QED) is 0.0163. The number of aromatic nitrogens is 1. The summed E-state index contributed by atoms with van der Waals surface area (Å²) >= 11 is 4.06. The number of hydrogen-bond acceptors (Lipinski definition) is 15. The summed E-state index contributed by atoms with van der Waals surface area (Å²) in [5.41, 5.74) is 17.6. The van der Waals surface area contributed by atoms with Gasteiger partial charge in [0.2, 0.25) is 41.4 Å². The number of amides is 7. The summed E-state index contributed by atoms with van der Waals surface area (Å²) in [4.78, 5) is 124. The Bertz CT molecular complexity index is 2060. The molecule has 1 heterocycles. The van der Waals surface area contributed by atoms with Crippen LogP contribution >= 0.6 is 12.6 Å². The monoisotopic (exact) mass is 952 g/mol. The maximum atomic E-state index is 14.0. The van der Waals surface area contributed by atoms with Gasteiger partial charge in [0, 0.05) is 42.2 Å². The SMILES string of the molecule is C[C@H](N)C(=O)N[C@H](C(=O)N[C@@H](CS)C(=O)N[C@@H](CCC(=O)O)C(=O)N[C@@H](CO)C(=O)N[C@@H](CCCN=C(N)N)C(=O)N[C@@H](Cc1c[nH]c2ccccc12)C(=O)N[C@H](C(=O)O)[C@@H](C)O)[C@@H](C)O. The average molecular weight is 953 g/mol. The van der Waals surface area contributed by atoms with Crippen LogP contribution in [0.1, 0.15) is 52.0 Å². The molecule has 0 spiro atoms. The van der Waals surface area contributed by atoms with Gasteiger partial charge in [-0.2, -0.15) is 12.6 Å². The van der Waals surface area contributed by atoms with Crippen LogP contribution in [-0.2, 0) is 49.6 Å². The summed E-state index contributed by atoms with van der Waals surface area (Å²) in [5.74, 6) is -10.9. The van der Waals surface area contributed by atoms with Crippen molar-refractivity contribution in [3.05, 3.63) is 36.0 Å². The first-order valence-corrected chi connectivity index (χ1v) is 21.1. The van der Waals surface area contributed by atoms with Gasteiger partial charge in [0.05, 0.1) is 24.9 Å². The summed E-state index contributed by atoms with van der Waals surface area (Å²) < 4.78 is 0. The van der Waals surface area contributed by atoms with Gasteiger partial charge < -0.3 is 84.9 Å². The van der Waals surface area contributed by atoms with Crippen molar-refractivity contribution >= 4 is 82.8 Å². The van der Waals surface area contributed by atoms with Crippen molar-refractivity contribution in [2.45, 2.75) is 113 Å². The number of aliphatic hydroxyl groups is 3. The lowest BCUT2D eigenvalue weighted by atomic mass is 10.0. The highest BCUT2D eigenvalue weighted by Gasteiger charge is 2.35. The van der Waals surface area contributed by atoms with E-state index in [9.17, 15) is 68.7 Å². The molecule has 0 fully saturated rings. The van der Waals surface area contributed by atoms with Gasteiger partial charge in [-0.25, -0.2) is 4.79 Å². The number of guanidine groups is 1. The number of fused-ring (bicyclic) bond motifs is 1. The molecule has 0 aliphatic heterocycles. The zero-order valence-corrected chi connectivity index (χ0v) is 37.2. The number of aromatic amines is 1. The van der Waals surface area contributed by atoms with E-state index in [4.69, 9.17) is 17.2 Å². The van der Waals surface area contributed by atoms with E-state index in [1.165, 1.54) is 13.8 Å². The van der Waals surface area contributed by atoms with Crippen LogP contribution in [0.4, 0.5) is 0 Å². The third-order valence-electron chi connectivity index (χ3n) is 9.74. The van der Waals surface area contributed by atoms with E-state index in [0.717, 1.165) is 6.92 Å². The van der Waals surface area contributed by atoms with Crippen molar-refractivity contribution < 1.29 is 68.7 Å². The minimum atomic E-state index is -1.86. The molecule has 0 radical (unpaired) electrons. The third-order valence-corrected chi connectivity index (χ3v) is 10.1. The number of benzene rings is 1.